The number of hydrogen-bond acceptors (Lipinski definition) is 2. The van der Waals surface area contributed by atoms with E-state index >= 15 is 0 Å². The number of nitrogens with two attached hydrogens (primary N) is 1. The molecule has 0 spiro atoms. The molecule has 0 aromatic carbocycles. The van der Waals surface area contributed by atoms with Crippen LogP contribution >= 0.6 is 0 Å². The van der Waals surface area contributed by atoms with Crippen molar-refractivity contribution in [3.63, 3.8) is 0 Å². The van der Waals surface area contributed by atoms with Gasteiger partial charge < -0.3 is 5.73 Å². The molecule has 0 aromatic heterocycles. The molecule has 2 heteroatoms. The summed E-state index contributed by atoms with van der Waals surface area (Å²) in [5.74, 6) is 2.39. The molecule has 3 atom stereocenters. The first kappa shape index (κ1) is 16.7. The minimum atomic E-state index is 0.374. The second kappa shape index (κ2) is 9.52. The van der Waals surface area contributed by atoms with Gasteiger partial charge in [0.25, 0.3) is 0 Å². The zero-order chi connectivity index (χ0) is 14.1. The van der Waals surface area contributed by atoms with Crippen molar-refractivity contribution in [3.8, 4) is 0 Å². The van der Waals surface area contributed by atoms with Crippen molar-refractivity contribution in [2.24, 2.45) is 23.5 Å². The molecule has 2 nitrogen and oxygen atoms in total. The highest BCUT2D eigenvalue weighted by molar-refractivity contribution is 5.81. The summed E-state index contributed by atoms with van der Waals surface area (Å²) in [7, 11) is 0. The van der Waals surface area contributed by atoms with Crippen molar-refractivity contribution in [1.82, 2.24) is 0 Å². The highest BCUT2D eigenvalue weighted by Crippen LogP contribution is 2.32. The molecule has 0 amide bonds. The zero-order valence-electron chi connectivity index (χ0n) is 13.0. The van der Waals surface area contributed by atoms with Crippen molar-refractivity contribution in [3.05, 3.63) is 0 Å². The molecular weight excluding hydrogens is 234 g/mol. The van der Waals surface area contributed by atoms with E-state index in [1.165, 1.54) is 32.1 Å². The van der Waals surface area contributed by atoms with Gasteiger partial charge in [-0.2, -0.15) is 0 Å². The predicted molar refractivity (Wildman–Crippen MR) is 82.0 cm³/mol. The standard InChI is InChI=1S/C17H33NO/c1-3-6-15(11-12-18)9-10-17(19)16-8-5-7-14(4-2)13-16/h14-16H,3-13,18H2,1-2H3. The SMILES string of the molecule is CCCC(CCN)CCC(=O)C1CCCC(CC)C1. The van der Waals surface area contributed by atoms with Crippen LogP contribution in [0.2, 0.25) is 0 Å². The maximum absolute atomic E-state index is 12.3. The van der Waals surface area contributed by atoms with Crippen LogP contribution < -0.4 is 5.73 Å². The molecule has 0 bridgehead atoms. The lowest BCUT2D eigenvalue weighted by Crippen LogP contribution is -2.23. The van der Waals surface area contributed by atoms with E-state index in [4.69, 9.17) is 5.73 Å². The van der Waals surface area contributed by atoms with Crippen LogP contribution in [-0.2, 0) is 4.79 Å². The lowest BCUT2D eigenvalue weighted by Gasteiger charge is -2.28. The molecule has 0 radical (unpaired) electrons. The van der Waals surface area contributed by atoms with Crippen LogP contribution in [0.1, 0.15) is 78.1 Å². The minimum Gasteiger partial charge on any atom is -0.330 e. The van der Waals surface area contributed by atoms with Gasteiger partial charge in [0.2, 0.25) is 0 Å². The van der Waals surface area contributed by atoms with Gasteiger partial charge in [0, 0.05) is 12.3 Å². The fraction of sp³-hybridized carbons (Fsp3) is 0.941. The zero-order valence-corrected chi connectivity index (χ0v) is 13.0. The van der Waals surface area contributed by atoms with E-state index in [9.17, 15) is 4.79 Å². The van der Waals surface area contributed by atoms with Gasteiger partial charge in [-0.3, -0.25) is 4.79 Å². The topological polar surface area (TPSA) is 43.1 Å². The van der Waals surface area contributed by atoms with Crippen molar-refractivity contribution in [2.45, 2.75) is 78.1 Å². The second-order valence-electron chi connectivity index (χ2n) is 6.37. The van der Waals surface area contributed by atoms with Crippen LogP contribution in [0.15, 0.2) is 0 Å². The summed E-state index contributed by atoms with van der Waals surface area (Å²) in [5.41, 5.74) is 5.66. The highest BCUT2D eigenvalue weighted by atomic mass is 16.1. The summed E-state index contributed by atoms with van der Waals surface area (Å²) in [6, 6.07) is 0. The maximum atomic E-state index is 12.3. The Bertz CT molecular complexity index is 246. The van der Waals surface area contributed by atoms with Crippen LogP contribution in [-0.4, -0.2) is 12.3 Å². The smallest absolute Gasteiger partial charge is 0.135 e. The monoisotopic (exact) mass is 267 g/mol. The molecule has 2 N–H and O–H groups in total. The van der Waals surface area contributed by atoms with E-state index in [1.807, 2.05) is 0 Å². The van der Waals surface area contributed by atoms with E-state index in [2.05, 4.69) is 13.8 Å². The van der Waals surface area contributed by atoms with E-state index in [1.54, 1.807) is 0 Å². The van der Waals surface area contributed by atoms with E-state index in [-0.39, 0.29) is 0 Å². The third-order valence-corrected chi connectivity index (χ3v) is 4.89. The summed E-state index contributed by atoms with van der Waals surface area (Å²) in [6.07, 6.45) is 11.5. The summed E-state index contributed by atoms with van der Waals surface area (Å²) >= 11 is 0. The number of hydrogen-bond donors (Lipinski definition) is 1. The second-order valence-corrected chi connectivity index (χ2v) is 6.37. The molecule has 0 aliphatic heterocycles. The molecule has 1 saturated carbocycles. The molecular formula is C17H33NO. The lowest BCUT2D eigenvalue weighted by atomic mass is 9.77. The fourth-order valence-electron chi connectivity index (χ4n) is 3.58. The highest BCUT2D eigenvalue weighted by Gasteiger charge is 2.26. The number of Topliss-reactive ketones (excluding diaryl/α,β-unsaturated/α-hetero) is 1. The van der Waals surface area contributed by atoms with Crippen molar-refractivity contribution < 1.29 is 4.79 Å². The molecule has 0 aromatic rings. The molecule has 112 valence electrons. The minimum absolute atomic E-state index is 0.374. The van der Waals surface area contributed by atoms with Gasteiger partial charge in [-0.25, -0.2) is 0 Å². The van der Waals surface area contributed by atoms with Crippen molar-refractivity contribution in [1.29, 1.82) is 0 Å². The Morgan fingerprint density at radius 2 is 2.00 bits per heavy atom. The number of carbonyl (C=O) groups excluding carboxylic acids is 1. The Balaban J connectivity index is 2.32. The average Bonchev–Trinajstić information content (AvgIpc) is 2.45. The van der Waals surface area contributed by atoms with Gasteiger partial charge in [-0.15, -0.1) is 0 Å². The number of rotatable bonds is 9. The molecule has 0 saturated heterocycles. The van der Waals surface area contributed by atoms with Gasteiger partial charge in [-0.1, -0.05) is 46.0 Å². The van der Waals surface area contributed by atoms with Crippen molar-refractivity contribution >= 4 is 5.78 Å². The largest absolute Gasteiger partial charge is 0.330 e. The van der Waals surface area contributed by atoms with Crippen molar-refractivity contribution in [2.75, 3.05) is 6.54 Å². The number of carbonyl (C=O) groups is 1. The quantitative estimate of drug-likeness (QED) is 0.676. The fourth-order valence-corrected chi connectivity index (χ4v) is 3.58. The molecule has 1 aliphatic carbocycles. The molecule has 1 rings (SSSR count). The van der Waals surface area contributed by atoms with Crippen LogP contribution in [0.5, 0.6) is 0 Å². The third kappa shape index (κ3) is 6.07. The Morgan fingerprint density at radius 3 is 2.63 bits per heavy atom. The van der Waals surface area contributed by atoms with E-state index < -0.39 is 0 Å². The van der Waals surface area contributed by atoms with Crippen LogP contribution in [0.4, 0.5) is 0 Å². The van der Waals surface area contributed by atoms with Gasteiger partial charge in [-0.05, 0) is 44.1 Å². The van der Waals surface area contributed by atoms with Crippen LogP contribution in [0.3, 0.4) is 0 Å². The summed E-state index contributed by atoms with van der Waals surface area (Å²) in [6.45, 7) is 5.24. The summed E-state index contributed by atoms with van der Waals surface area (Å²) < 4.78 is 0. The molecule has 0 heterocycles. The Kier molecular flexibility index (Phi) is 8.36. The predicted octanol–water partition coefficient (Wildman–Crippen LogP) is 4.32. The molecule has 19 heavy (non-hydrogen) atoms. The normalized spacial score (nSPS) is 25.2. The number of ketones is 1. The first-order valence-electron chi connectivity index (χ1n) is 8.43. The molecule has 1 fully saturated rings. The first-order chi connectivity index (χ1) is 9.21. The van der Waals surface area contributed by atoms with Gasteiger partial charge in [0.15, 0.2) is 0 Å². The van der Waals surface area contributed by atoms with Gasteiger partial charge in [0.1, 0.15) is 5.78 Å². The first-order valence-corrected chi connectivity index (χ1v) is 8.43. The third-order valence-electron chi connectivity index (χ3n) is 4.89. The Labute approximate surface area is 119 Å². The maximum Gasteiger partial charge on any atom is 0.135 e. The van der Waals surface area contributed by atoms with Gasteiger partial charge in [0.05, 0.1) is 0 Å². The Hall–Kier alpha value is -0.370. The van der Waals surface area contributed by atoms with Gasteiger partial charge >= 0.3 is 0 Å². The summed E-state index contributed by atoms with van der Waals surface area (Å²) in [4.78, 5) is 12.3. The lowest BCUT2D eigenvalue weighted by molar-refractivity contribution is -0.124. The molecule has 3 unspecified atom stereocenters. The van der Waals surface area contributed by atoms with E-state index in [0.717, 1.165) is 44.6 Å². The van der Waals surface area contributed by atoms with Crippen LogP contribution in [0.25, 0.3) is 0 Å². The summed E-state index contributed by atoms with van der Waals surface area (Å²) in [5, 5.41) is 0. The van der Waals surface area contributed by atoms with E-state index in [0.29, 0.717) is 17.6 Å². The molecule has 1 aliphatic rings. The average molecular weight is 267 g/mol. The van der Waals surface area contributed by atoms with Crippen LogP contribution in [0, 0.1) is 17.8 Å². The Morgan fingerprint density at radius 1 is 1.21 bits per heavy atom.